The molecule has 0 saturated carbocycles. The minimum Gasteiger partial charge on any atom is -0.378 e. The first-order chi connectivity index (χ1) is 9.22. The monoisotopic (exact) mass is 269 g/mol. The van der Waals surface area contributed by atoms with Gasteiger partial charge in [0.1, 0.15) is 6.04 Å². The van der Waals surface area contributed by atoms with Gasteiger partial charge in [-0.05, 0) is 19.3 Å². The zero-order valence-electron chi connectivity index (χ0n) is 11.5. The third-order valence-corrected chi connectivity index (χ3v) is 3.79. The number of hydrogen-bond donors (Lipinski definition) is 2. The van der Waals surface area contributed by atoms with Crippen LogP contribution in [0.15, 0.2) is 0 Å². The maximum absolute atomic E-state index is 12.3. The third kappa shape index (κ3) is 3.67. The summed E-state index contributed by atoms with van der Waals surface area (Å²) in [6.45, 7) is 2.75. The zero-order valence-corrected chi connectivity index (χ0v) is 11.5. The highest BCUT2D eigenvalue weighted by molar-refractivity contribution is 5.87. The van der Waals surface area contributed by atoms with Crippen molar-refractivity contribution in [1.29, 1.82) is 0 Å². The van der Waals surface area contributed by atoms with E-state index in [1.165, 1.54) is 0 Å². The molecule has 2 unspecified atom stereocenters. The molecule has 108 valence electrons. The normalized spacial score (nSPS) is 27.9. The van der Waals surface area contributed by atoms with Crippen LogP contribution in [-0.2, 0) is 14.3 Å². The highest BCUT2D eigenvalue weighted by Crippen LogP contribution is 2.19. The van der Waals surface area contributed by atoms with E-state index in [1.807, 2.05) is 0 Å². The summed E-state index contributed by atoms with van der Waals surface area (Å²) >= 11 is 0. The molecule has 2 aliphatic rings. The number of carbonyl (C=O) groups is 2. The smallest absolute Gasteiger partial charge is 0.242 e. The van der Waals surface area contributed by atoms with Gasteiger partial charge in [0.2, 0.25) is 11.8 Å². The SMILES string of the molecule is CNC(=O)C1CCCCN1C(=O)CC1COCCN1. The van der Waals surface area contributed by atoms with Crippen molar-refractivity contribution < 1.29 is 14.3 Å². The average Bonchev–Trinajstić information content (AvgIpc) is 2.47. The molecule has 6 heteroatoms. The van der Waals surface area contributed by atoms with Crippen molar-refractivity contribution in [3.8, 4) is 0 Å². The molecule has 0 aromatic carbocycles. The maximum Gasteiger partial charge on any atom is 0.242 e. The minimum atomic E-state index is -0.296. The van der Waals surface area contributed by atoms with E-state index in [9.17, 15) is 9.59 Å². The molecule has 19 heavy (non-hydrogen) atoms. The van der Waals surface area contributed by atoms with Crippen LogP contribution in [0.1, 0.15) is 25.7 Å². The van der Waals surface area contributed by atoms with Crippen molar-refractivity contribution in [3.63, 3.8) is 0 Å². The van der Waals surface area contributed by atoms with E-state index in [4.69, 9.17) is 4.74 Å². The molecular formula is C13H23N3O3. The summed E-state index contributed by atoms with van der Waals surface area (Å²) in [7, 11) is 1.62. The summed E-state index contributed by atoms with van der Waals surface area (Å²) < 4.78 is 5.35. The summed E-state index contributed by atoms with van der Waals surface area (Å²) in [5, 5.41) is 5.92. The Bertz CT molecular complexity index is 329. The number of amides is 2. The maximum atomic E-state index is 12.3. The molecule has 2 amide bonds. The first-order valence-corrected chi connectivity index (χ1v) is 7.04. The molecule has 2 rings (SSSR count). The summed E-state index contributed by atoms with van der Waals surface area (Å²) in [6.07, 6.45) is 3.16. The van der Waals surface area contributed by atoms with E-state index in [0.29, 0.717) is 26.2 Å². The van der Waals surface area contributed by atoms with Crippen molar-refractivity contribution in [2.24, 2.45) is 0 Å². The Morgan fingerprint density at radius 3 is 2.95 bits per heavy atom. The Morgan fingerprint density at radius 2 is 2.26 bits per heavy atom. The predicted octanol–water partition coefficient (Wildman–Crippen LogP) is -0.508. The molecule has 0 spiro atoms. The third-order valence-electron chi connectivity index (χ3n) is 3.79. The van der Waals surface area contributed by atoms with E-state index in [1.54, 1.807) is 11.9 Å². The van der Waals surface area contributed by atoms with Crippen LogP contribution in [0.5, 0.6) is 0 Å². The van der Waals surface area contributed by atoms with Crippen molar-refractivity contribution in [2.45, 2.75) is 37.8 Å². The molecule has 0 bridgehead atoms. The molecule has 2 heterocycles. The topological polar surface area (TPSA) is 70.7 Å². The van der Waals surface area contributed by atoms with Gasteiger partial charge in [-0.2, -0.15) is 0 Å². The molecule has 0 radical (unpaired) electrons. The largest absolute Gasteiger partial charge is 0.378 e. The number of nitrogens with zero attached hydrogens (tertiary/aromatic N) is 1. The zero-order chi connectivity index (χ0) is 13.7. The Labute approximate surface area is 113 Å². The number of likely N-dealkylation sites (tertiary alicyclic amines) is 1. The summed E-state index contributed by atoms with van der Waals surface area (Å²) in [4.78, 5) is 25.9. The average molecular weight is 269 g/mol. The van der Waals surface area contributed by atoms with Crippen molar-refractivity contribution in [2.75, 3.05) is 33.4 Å². The summed E-state index contributed by atoms with van der Waals surface area (Å²) in [6, 6.07) is -0.218. The van der Waals surface area contributed by atoms with E-state index >= 15 is 0 Å². The van der Waals surface area contributed by atoms with Gasteiger partial charge in [-0.15, -0.1) is 0 Å². The van der Waals surface area contributed by atoms with Gasteiger partial charge >= 0.3 is 0 Å². The number of morpholine rings is 1. The number of rotatable bonds is 3. The lowest BCUT2D eigenvalue weighted by atomic mass is 10.00. The van der Waals surface area contributed by atoms with E-state index < -0.39 is 0 Å². The van der Waals surface area contributed by atoms with Gasteiger partial charge in [-0.25, -0.2) is 0 Å². The van der Waals surface area contributed by atoms with Crippen LogP contribution >= 0.6 is 0 Å². The summed E-state index contributed by atoms with van der Waals surface area (Å²) in [5.74, 6) is -0.00259. The molecule has 2 aliphatic heterocycles. The van der Waals surface area contributed by atoms with Gasteiger partial charge in [0.15, 0.2) is 0 Å². The number of nitrogens with one attached hydrogen (secondary N) is 2. The number of carbonyl (C=O) groups excluding carboxylic acids is 2. The van der Waals surface area contributed by atoms with Crippen LogP contribution in [0, 0.1) is 0 Å². The Balaban J connectivity index is 1.92. The fourth-order valence-corrected chi connectivity index (χ4v) is 2.75. The molecular weight excluding hydrogens is 246 g/mol. The fraction of sp³-hybridized carbons (Fsp3) is 0.846. The molecule has 0 aromatic rings. The Kier molecular flexibility index (Phi) is 5.15. The lowest BCUT2D eigenvalue weighted by molar-refractivity contribution is -0.143. The van der Waals surface area contributed by atoms with Crippen LogP contribution in [0.3, 0.4) is 0 Å². The van der Waals surface area contributed by atoms with Gasteiger partial charge in [-0.1, -0.05) is 0 Å². The van der Waals surface area contributed by atoms with Crippen LogP contribution < -0.4 is 10.6 Å². The van der Waals surface area contributed by atoms with Crippen molar-refractivity contribution in [1.82, 2.24) is 15.5 Å². The van der Waals surface area contributed by atoms with E-state index in [0.717, 1.165) is 25.8 Å². The number of likely N-dealkylation sites (N-methyl/N-ethyl adjacent to an activating group) is 1. The molecule has 2 saturated heterocycles. The van der Waals surface area contributed by atoms with Gasteiger partial charge in [0.05, 0.1) is 13.2 Å². The molecule has 2 N–H and O–H groups in total. The van der Waals surface area contributed by atoms with Gasteiger partial charge in [0, 0.05) is 32.6 Å². The second-order valence-electron chi connectivity index (χ2n) is 5.14. The standard InChI is InChI=1S/C13H23N3O3/c1-14-13(18)11-4-2-3-6-16(11)12(17)8-10-9-19-7-5-15-10/h10-11,15H,2-9H2,1H3,(H,14,18). The predicted molar refractivity (Wildman–Crippen MR) is 70.6 cm³/mol. The van der Waals surface area contributed by atoms with Crippen molar-refractivity contribution in [3.05, 3.63) is 0 Å². The Morgan fingerprint density at radius 1 is 1.42 bits per heavy atom. The van der Waals surface area contributed by atoms with Crippen LogP contribution in [0.25, 0.3) is 0 Å². The molecule has 0 aromatic heterocycles. The second kappa shape index (κ2) is 6.86. The van der Waals surface area contributed by atoms with E-state index in [2.05, 4.69) is 10.6 Å². The first kappa shape index (κ1) is 14.3. The number of piperidine rings is 1. The lowest BCUT2D eigenvalue weighted by Gasteiger charge is -2.35. The lowest BCUT2D eigenvalue weighted by Crippen LogP contribution is -2.53. The molecule has 2 atom stereocenters. The minimum absolute atomic E-state index is 0.0521. The van der Waals surface area contributed by atoms with Gasteiger partial charge in [-0.3, -0.25) is 9.59 Å². The van der Waals surface area contributed by atoms with Crippen LogP contribution in [0.4, 0.5) is 0 Å². The van der Waals surface area contributed by atoms with Gasteiger partial charge in [0.25, 0.3) is 0 Å². The number of ether oxygens (including phenoxy) is 1. The highest BCUT2D eigenvalue weighted by atomic mass is 16.5. The molecule has 2 fully saturated rings. The molecule has 6 nitrogen and oxygen atoms in total. The fourth-order valence-electron chi connectivity index (χ4n) is 2.75. The van der Waals surface area contributed by atoms with E-state index in [-0.39, 0.29) is 23.9 Å². The highest BCUT2D eigenvalue weighted by Gasteiger charge is 2.32. The van der Waals surface area contributed by atoms with Crippen LogP contribution in [-0.4, -0.2) is 62.1 Å². The first-order valence-electron chi connectivity index (χ1n) is 7.04. The summed E-state index contributed by atoms with van der Waals surface area (Å²) in [5.41, 5.74) is 0. The second-order valence-corrected chi connectivity index (χ2v) is 5.14. The quantitative estimate of drug-likeness (QED) is 0.724. The van der Waals surface area contributed by atoms with Crippen molar-refractivity contribution >= 4 is 11.8 Å². The van der Waals surface area contributed by atoms with Crippen LogP contribution in [0.2, 0.25) is 0 Å². The molecule has 0 aliphatic carbocycles. The number of hydrogen-bond acceptors (Lipinski definition) is 4. The Hall–Kier alpha value is -1.14. The van der Waals surface area contributed by atoms with Gasteiger partial charge < -0.3 is 20.3 Å².